The number of nitrogens with one attached hydrogen (secondary N) is 2. The van der Waals surface area contributed by atoms with Gasteiger partial charge in [0.2, 0.25) is 5.91 Å². The van der Waals surface area contributed by atoms with Crippen molar-refractivity contribution in [3.05, 3.63) is 89.5 Å². The van der Waals surface area contributed by atoms with Crippen molar-refractivity contribution >= 4 is 28.5 Å². The van der Waals surface area contributed by atoms with Gasteiger partial charge in [0.1, 0.15) is 5.75 Å². The maximum Gasteiger partial charge on any atom is 0.225 e. The Hall–Kier alpha value is -2.42. The van der Waals surface area contributed by atoms with Crippen molar-refractivity contribution in [2.45, 2.75) is 30.1 Å². The first-order valence-electron chi connectivity index (χ1n) is 13.2. The molecule has 1 fully saturated rings. The van der Waals surface area contributed by atoms with Crippen LogP contribution in [-0.2, 0) is 9.53 Å². The molecule has 4 rings (SSSR count). The predicted octanol–water partition coefficient (Wildman–Crippen LogP) is 6.06. The first-order valence-corrected chi connectivity index (χ1v) is 14.4. The van der Waals surface area contributed by atoms with E-state index < -0.39 is 0 Å². The highest BCUT2D eigenvalue weighted by molar-refractivity contribution is 14.1. The van der Waals surface area contributed by atoms with Gasteiger partial charge in [-0.15, -0.1) is 0 Å². The lowest BCUT2D eigenvalue weighted by Crippen LogP contribution is -2.36. The average Bonchev–Trinajstić information content (AvgIpc) is 3.42. The number of aryl methyl sites for hydroxylation is 1. The normalized spacial score (nSPS) is 17.9. The molecular weight excluding hydrogens is 575 g/mol. The van der Waals surface area contributed by atoms with E-state index in [0.29, 0.717) is 30.2 Å². The van der Waals surface area contributed by atoms with Crippen LogP contribution in [0.4, 0.5) is 0 Å². The standard InChI is InChI=1S/C31H37IN2O3/c1-3-16-37-24-13-14-25(22(2)18-24)26-11-7-8-12-27(26)28-19-33-20-29(28)31(35)34-15-17-36-21-30(32)23-9-5-4-6-10-23/h4-14,18,28-30,33H,3,15-17,19-21H2,1-2H3,(H,34,35)/t28-,29+,30+/m0/s1. The highest BCUT2D eigenvalue weighted by Gasteiger charge is 2.35. The van der Waals surface area contributed by atoms with Gasteiger partial charge in [-0.1, -0.05) is 90.2 Å². The first kappa shape index (κ1) is 27.6. The van der Waals surface area contributed by atoms with E-state index in [4.69, 9.17) is 9.47 Å². The summed E-state index contributed by atoms with van der Waals surface area (Å²) < 4.78 is 12.0. The Labute approximate surface area is 234 Å². The number of alkyl halides is 1. The van der Waals surface area contributed by atoms with Crippen LogP contribution < -0.4 is 15.4 Å². The van der Waals surface area contributed by atoms with Gasteiger partial charge >= 0.3 is 0 Å². The van der Waals surface area contributed by atoms with Crippen molar-refractivity contribution in [3.63, 3.8) is 0 Å². The van der Waals surface area contributed by atoms with E-state index in [1.165, 1.54) is 27.8 Å². The molecule has 0 aliphatic carbocycles. The SMILES string of the molecule is CCCOc1ccc(-c2ccccc2[C@@H]2CNC[C@H]2C(=O)NCCOC[C@@H](I)c2ccccc2)c(C)c1. The van der Waals surface area contributed by atoms with Crippen LogP contribution in [0.25, 0.3) is 11.1 Å². The fraction of sp³-hybridized carbons (Fsp3) is 0.387. The molecule has 0 saturated carbocycles. The van der Waals surface area contributed by atoms with E-state index in [-0.39, 0.29) is 17.7 Å². The number of carbonyl (C=O) groups is 1. The van der Waals surface area contributed by atoms with Crippen LogP contribution in [0.1, 0.15) is 39.9 Å². The summed E-state index contributed by atoms with van der Waals surface area (Å²) in [4.78, 5) is 13.2. The third-order valence-electron chi connectivity index (χ3n) is 6.84. The molecule has 1 saturated heterocycles. The Morgan fingerprint density at radius 1 is 1.03 bits per heavy atom. The lowest BCUT2D eigenvalue weighted by molar-refractivity contribution is -0.125. The van der Waals surface area contributed by atoms with Crippen molar-refractivity contribution in [1.82, 2.24) is 10.6 Å². The van der Waals surface area contributed by atoms with Crippen molar-refractivity contribution in [2.24, 2.45) is 5.92 Å². The van der Waals surface area contributed by atoms with Crippen LogP contribution in [0.3, 0.4) is 0 Å². The number of benzene rings is 3. The van der Waals surface area contributed by atoms with Crippen LogP contribution in [0.2, 0.25) is 0 Å². The molecule has 0 unspecified atom stereocenters. The molecule has 2 N–H and O–H groups in total. The van der Waals surface area contributed by atoms with Crippen LogP contribution in [0.15, 0.2) is 72.8 Å². The Bertz CT molecular complexity index is 1150. The fourth-order valence-corrected chi connectivity index (χ4v) is 5.59. The second kappa shape index (κ2) is 13.9. The van der Waals surface area contributed by atoms with E-state index in [0.717, 1.165) is 25.3 Å². The molecule has 3 atom stereocenters. The fourth-order valence-electron chi connectivity index (χ4n) is 4.92. The second-order valence-corrected chi connectivity index (χ2v) is 11.0. The lowest BCUT2D eigenvalue weighted by atomic mass is 9.83. The number of rotatable bonds is 12. The Morgan fingerprint density at radius 2 is 1.81 bits per heavy atom. The molecule has 37 heavy (non-hydrogen) atoms. The van der Waals surface area contributed by atoms with Gasteiger partial charge in [0.25, 0.3) is 0 Å². The van der Waals surface area contributed by atoms with Crippen LogP contribution in [-0.4, -0.2) is 45.4 Å². The molecule has 3 aromatic carbocycles. The van der Waals surface area contributed by atoms with Crippen molar-refractivity contribution < 1.29 is 14.3 Å². The summed E-state index contributed by atoms with van der Waals surface area (Å²) in [5.41, 5.74) is 6.01. The third kappa shape index (κ3) is 7.33. The Morgan fingerprint density at radius 3 is 2.59 bits per heavy atom. The Kier molecular flexibility index (Phi) is 10.4. The van der Waals surface area contributed by atoms with Gasteiger partial charge in [0.05, 0.1) is 29.7 Å². The molecule has 5 nitrogen and oxygen atoms in total. The van der Waals surface area contributed by atoms with E-state index >= 15 is 0 Å². The van der Waals surface area contributed by atoms with Crippen molar-refractivity contribution in [1.29, 1.82) is 0 Å². The molecular formula is C31H37IN2O3. The van der Waals surface area contributed by atoms with Crippen LogP contribution in [0, 0.1) is 12.8 Å². The molecule has 3 aromatic rings. The van der Waals surface area contributed by atoms with Gasteiger partial charge in [0, 0.05) is 25.6 Å². The maximum atomic E-state index is 13.2. The van der Waals surface area contributed by atoms with Crippen molar-refractivity contribution in [2.75, 3.05) is 39.5 Å². The van der Waals surface area contributed by atoms with Gasteiger partial charge in [0.15, 0.2) is 0 Å². The van der Waals surface area contributed by atoms with Crippen molar-refractivity contribution in [3.8, 4) is 16.9 Å². The largest absolute Gasteiger partial charge is 0.494 e. The molecule has 0 bridgehead atoms. The van der Waals surface area contributed by atoms with Crippen LogP contribution in [0.5, 0.6) is 5.75 Å². The number of carbonyl (C=O) groups excluding carboxylic acids is 1. The maximum absolute atomic E-state index is 13.2. The molecule has 1 heterocycles. The topological polar surface area (TPSA) is 59.6 Å². The zero-order valence-electron chi connectivity index (χ0n) is 21.7. The summed E-state index contributed by atoms with van der Waals surface area (Å²) >= 11 is 2.40. The molecule has 0 aromatic heterocycles. The van der Waals surface area contributed by atoms with Crippen LogP contribution >= 0.6 is 22.6 Å². The molecule has 1 aliphatic heterocycles. The number of halogens is 1. The molecule has 6 heteroatoms. The molecule has 0 spiro atoms. The molecule has 0 radical (unpaired) electrons. The lowest BCUT2D eigenvalue weighted by Gasteiger charge is -2.22. The predicted molar refractivity (Wildman–Crippen MR) is 159 cm³/mol. The number of hydrogen-bond donors (Lipinski definition) is 2. The number of amides is 1. The summed E-state index contributed by atoms with van der Waals surface area (Å²) in [6.45, 7) is 8.07. The van der Waals surface area contributed by atoms with Gasteiger partial charge in [-0.2, -0.15) is 0 Å². The van der Waals surface area contributed by atoms with Gasteiger partial charge < -0.3 is 20.1 Å². The van der Waals surface area contributed by atoms with Gasteiger partial charge in [-0.3, -0.25) is 4.79 Å². The van der Waals surface area contributed by atoms with E-state index in [2.05, 4.69) is 95.6 Å². The van der Waals surface area contributed by atoms with E-state index in [1.54, 1.807) is 0 Å². The molecule has 1 aliphatic rings. The highest BCUT2D eigenvalue weighted by Crippen LogP contribution is 2.37. The number of hydrogen-bond acceptors (Lipinski definition) is 4. The molecule has 1 amide bonds. The smallest absolute Gasteiger partial charge is 0.225 e. The monoisotopic (exact) mass is 612 g/mol. The molecule has 196 valence electrons. The summed E-state index contributed by atoms with van der Waals surface area (Å²) in [6.07, 6.45) is 0.986. The minimum atomic E-state index is -0.116. The van der Waals surface area contributed by atoms with Gasteiger partial charge in [-0.25, -0.2) is 0 Å². The minimum absolute atomic E-state index is 0.0857. The Balaban J connectivity index is 1.36. The number of ether oxygens (including phenoxy) is 2. The minimum Gasteiger partial charge on any atom is -0.494 e. The van der Waals surface area contributed by atoms with Gasteiger partial charge in [-0.05, 0) is 53.3 Å². The summed E-state index contributed by atoms with van der Waals surface area (Å²) in [5, 5.41) is 6.56. The van der Waals surface area contributed by atoms with E-state index in [1.807, 2.05) is 24.3 Å². The highest BCUT2D eigenvalue weighted by atomic mass is 127. The summed E-state index contributed by atoms with van der Waals surface area (Å²) in [6, 6.07) is 25.1. The average molecular weight is 613 g/mol. The third-order valence-corrected chi connectivity index (χ3v) is 7.92. The second-order valence-electron chi connectivity index (χ2n) is 9.53. The van der Waals surface area contributed by atoms with E-state index in [9.17, 15) is 4.79 Å². The first-order chi connectivity index (χ1) is 18.1. The zero-order chi connectivity index (χ0) is 26.0. The summed E-state index contributed by atoms with van der Waals surface area (Å²) in [5.74, 6) is 0.988. The summed E-state index contributed by atoms with van der Waals surface area (Å²) in [7, 11) is 0. The zero-order valence-corrected chi connectivity index (χ0v) is 23.9. The quantitative estimate of drug-likeness (QED) is 0.148.